The molecule has 1 aromatic heterocycles. The van der Waals surface area contributed by atoms with Crippen molar-refractivity contribution in [1.29, 1.82) is 0 Å². The quantitative estimate of drug-likeness (QED) is 0.771. The first kappa shape index (κ1) is 14.9. The first-order valence-corrected chi connectivity index (χ1v) is 7.27. The fourth-order valence-electron chi connectivity index (χ4n) is 3.00. The van der Waals surface area contributed by atoms with Crippen LogP contribution in [0.3, 0.4) is 0 Å². The zero-order valence-electron chi connectivity index (χ0n) is 12.3. The monoisotopic (exact) mass is 277 g/mol. The molecule has 110 valence electrons. The number of piperidine rings is 1. The Kier molecular flexibility index (Phi) is 5.06. The molecule has 0 unspecified atom stereocenters. The van der Waals surface area contributed by atoms with Crippen molar-refractivity contribution in [1.82, 2.24) is 14.9 Å². The second-order valence-electron chi connectivity index (χ2n) is 5.46. The third-order valence-corrected chi connectivity index (χ3v) is 4.14. The molecular weight excluding hydrogens is 254 g/mol. The van der Waals surface area contributed by atoms with Gasteiger partial charge >= 0.3 is 5.97 Å². The molecule has 0 spiro atoms. The Labute approximate surface area is 120 Å². The summed E-state index contributed by atoms with van der Waals surface area (Å²) in [4.78, 5) is 22.9. The number of ether oxygens (including phenoxy) is 1. The van der Waals surface area contributed by atoms with Gasteiger partial charge in [-0.2, -0.15) is 0 Å². The van der Waals surface area contributed by atoms with E-state index in [1.807, 2.05) is 6.07 Å². The zero-order chi connectivity index (χ0) is 14.4. The molecule has 2 rings (SSSR count). The molecule has 0 aromatic carbocycles. The van der Waals surface area contributed by atoms with Crippen LogP contribution in [-0.4, -0.2) is 41.0 Å². The molecule has 0 saturated carbocycles. The molecule has 0 N–H and O–H groups in total. The summed E-state index contributed by atoms with van der Waals surface area (Å²) >= 11 is 0. The minimum absolute atomic E-state index is 0.0463. The van der Waals surface area contributed by atoms with Crippen molar-refractivity contribution in [2.75, 3.05) is 20.2 Å². The molecule has 1 saturated heterocycles. The van der Waals surface area contributed by atoms with Crippen molar-refractivity contribution >= 4 is 5.97 Å². The van der Waals surface area contributed by atoms with E-state index in [9.17, 15) is 4.79 Å². The lowest BCUT2D eigenvalue weighted by molar-refractivity contribution is -0.156. The summed E-state index contributed by atoms with van der Waals surface area (Å²) < 4.78 is 5.02. The van der Waals surface area contributed by atoms with Crippen molar-refractivity contribution in [3.8, 4) is 0 Å². The number of nitrogens with zero attached hydrogens (tertiary/aromatic N) is 3. The van der Waals surface area contributed by atoms with E-state index < -0.39 is 0 Å². The zero-order valence-corrected chi connectivity index (χ0v) is 12.3. The van der Waals surface area contributed by atoms with Crippen molar-refractivity contribution in [3.05, 3.63) is 24.3 Å². The van der Waals surface area contributed by atoms with E-state index >= 15 is 0 Å². The average Bonchev–Trinajstić information content (AvgIpc) is 2.50. The second kappa shape index (κ2) is 6.79. The Morgan fingerprint density at radius 1 is 1.35 bits per heavy atom. The summed E-state index contributed by atoms with van der Waals surface area (Å²) in [7, 11) is 1.49. The Bertz CT molecular complexity index is 428. The van der Waals surface area contributed by atoms with Crippen LogP contribution in [-0.2, 0) is 16.1 Å². The normalized spacial score (nSPS) is 18.7. The van der Waals surface area contributed by atoms with Crippen LogP contribution in [0.15, 0.2) is 18.5 Å². The van der Waals surface area contributed by atoms with Crippen molar-refractivity contribution < 1.29 is 9.53 Å². The van der Waals surface area contributed by atoms with Gasteiger partial charge in [-0.25, -0.2) is 9.97 Å². The van der Waals surface area contributed by atoms with Gasteiger partial charge in [-0.05, 0) is 38.4 Å². The van der Waals surface area contributed by atoms with Gasteiger partial charge in [0.05, 0.1) is 19.1 Å². The molecule has 2 heterocycles. The summed E-state index contributed by atoms with van der Waals surface area (Å²) in [5.41, 5.74) is -0.280. The van der Waals surface area contributed by atoms with Gasteiger partial charge in [0.1, 0.15) is 5.82 Å². The number of carbonyl (C=O) groups is 1. The highest BCUT2D eigenvalue weighted by molar-refractivity contribution is 5.76. The van der Waals surface area contributed by atoms with Gasteiger partial charge in [-0.1, -0.05) is 13.3 Å². The molecule has 0 aliphatic carbocycles. The van der Waals surface area contributed by atoms with E-state index in [4.69, 9.17) is 4.74 Å². The van der Waals surface area contributed by atoms with E-state index in [-0.39, 0.29) is 11.4 Å². The minimum atomic E-state index is -0.280. The van der Waals surface area contributed by atoms with Crippen molar-refractivity contribution in [3.63, 3.8) is 0 Å². The minimum Gasteiger partial charge on any atom is -0.469 e. The lowest BCUT2D eigenvalue weighted by atomic mass is 9.75. The Morgan fingerprint density at radius 2 is 2.00 bits per heavy atom. The van der Waals surface area contributed by atoms with E-state index in [1.54, 1.807) is 12.4 Å². The molecule has 0 atom stereocenters. The number of hydrogen-bond donors (Lipinski definition) is 0. The number of aromatic nitrogens is 2. The fraction of sp³-hybridized carbons (Fsp3) is 0.667. The maximum Gasteiger partial charge on any atom is 0.311 e. The van der Waals surface area contributed by atoms with Crippen LogP contribution < -0.4 is 0 Å². The summed E-state index contributed by atoms with van der Waals surface area (Å²) in [5, 5.41) is 0. The number of likely N-dealkylation sites (tertiary alicyclic amines) is 1. The molecule has 1 aliphatic heterocycles. The Balaban J connectivity index is 1.94. The molecule has 1 fully saturated rings. The standard InChI is InChI=1S/C15H23N3O2/c1-3-5-15(14(19)20-2)6-10-18(11-7-15)12-13-16-8-4-9-17-13/h4,8-9H,3,5-7,10-12H2,1-2H3. The van der Waals surface area contributed by atoms with Gasteiger partial charge < -0.3 is 4.74 Å². The fourth-order valence-corrected chi connectivity index (χ4v) is 3.00. The second-order valence-corrected chi connectivity index (χ2v) is 5.46. The molecule has 5 heteroatoms. The highest BCUT2D eigenvalue weighted by Crippen LogP contribution is 2.37. The molecule has 0 bridgehead atoms. The number of carbonyl (C=O) groups excluding carboxylic acids is 1. The highest BCUT2D eigenvalue weighted by atomic mass is 16.5. The smallest absolute Gasteiger partial charge is 0.311 e. The summed E-state index contributed by atoms with van der Waals surface area (Å²) in [6, 6.07) is 1.82. The number of esters is 1. The highest BCUT2D eigenvalue weighted by Gasteiger charge is 2.41. The lowest BCUT2D eigenvalue weighted by Gasteiger charge is -2.39. The number of methoxy groups -OCH3 is 1. The van der Waals surface area contributed by atoms with E-state index in [0.717, 1.165) is 51.1 Å². The van der Waals surface area contributed by atoms with E-state index in [1.165, 1.54) is 7.11 Å². The molecular formula is C15H23N3O2. The summed E-state index contributed by atoms with van der Waals surface area (Å²) in [6.45, 7) is 4.67. The van der Waals surface area contributed by atoms with Crippen molar-refractivity contribution in [2.24, 2.45) is 5.41 Å². The van der Waals surface area contributed by atoms with E-state index in [0.29, 0.717) is 0 Å². The van der Waals surface area contributed by atoms with Gasteiger partial charge in [0.25, 0.3) is 0 Å². The van der Waals surface area contributed by atoms with Gasteiger partial charge in [0.2, 0.25) is 0 Å². The predicted molar refractivity (Wildman–Crippen MR) is 75.9 cm³/mol. The van der Waals surface area contributed by atoms with Gasteiger partial charge in [-0.3, -0.25) is 9.69 Å². The largest absolute Gasteiger partial charge is 0.469 e. The van der Waals surface area contributed by atoms with Crippen LogP contribution in [0.2, 0.25) is 0 Å². The Morgan fingerprint density at radius 3 is 2.55 bits per heavy atom. The van der Waals surface area contributed by atoms with Crippen LogP contribution in [0.25, 0.3) is 0 Å². The van der Waals surface area contributed by atoms with Crippen molar-refractivity contribution in [2.45, 2.75) is 39.2 Å². The third-order valence-electron chi connectivity index (χ3n) is 4.14. The van der Waals surface area contributed by atoms with Crippen LogP contribution in [0, 0.1) is 5.41 Å². The molecule has 1 aromatic rings. The van der Waals surface area contributed by atoms with Crippen LogP contribution in [0.1, 0.15) is 38.4 Å². The molecule has 0 radical (unpaired) electrons. The maximum atomic E-state index is 12.1. The number of rotatable bonds is 5. The van der Waals surface area contributed by atoms with Crippen LogP contribution in [0.5, 0.6) is 0 Å². The topological polar surface area (TPSA) is 55.3 Å². The molecule has 1 aliphatic rings. The van der Waals surface area contributed by atoms with Crippen LogP contribution >= 0.6 is 0 Å². The maximum absolute atomic E-state index is 12.1. The van der Waals surface area contributed by atoms with Gasteiger partial charge in [-0.15, -0.1) is 0 Å². The SMILES string of the molecule is CCCC1(C(=O)OC)CCN(Cc2ncccn2)CC1. The summed E-state index contributed by atoms with van der Waals surface area (Å²) in [6.07, 6.45) is 7.18. The summed E-state index contributed by atoms with van der Waals surface area (Å²) in [5.74, 6) is 0.795. The first-order chi connectivity index (χ1) is 9.70. The van der Waals surface area contributed by atoms with Gasteiger partial charge in [0, 0.05) is 12.4 Å². The number of hydrogen-bond acceptors (Lipinski definition) is 5. The predicted octanol–water partition coefficient (Wildman–Crippen LogP) is 2.03. The van der Waals surface area contributed by atoms with Crippen LogP contribution in [0.4, 0.5) is 0 Å². The third kappa shape index (κ3) is 3.33. The van der Waals surface area contributed by atoms with E-state index in [2.05, 4.69) is 21.8 Å². The Hall–Kier alpha value is -1.49. The first-order valence-electron chi connectivity index (χ1n) is 7.27. The molecule has 20 heavy (non-hydrogen) atoms. The average molecular weight is 277 g/mol. The van der Waals surface area contributed by atoms with Gasteiger partial charge in [0.15, 0.2) is 0 Å². The molecule has 0 amide bonds. The molecule has 5 nitrogen and oxygen atoms in total. The lowest BCUT2D eigenvalue weighted by Crippen LogP contribution is -2.44.